The van der Waals surface area contributed by atoms with Gasteiger partial charge in [-0.3, -0.25) is 14.6 Å². The molecule has 16 heavy (non-hydrogen) atoms. The standard InChI is InChI=1S/C9H10N2O4S/c12-8(13)5-11(6-9(14)15)10-4-7-2-1-3-16-7/h1-4H,5-6H2,(H,12,13)(H,14,15)/b10-4-. The number of carboxylic acids is 2. The van der Waals surface area contributed by atoms with Crippen LogP contribution in [-0.4, -0.2) is 46.5 Å². The fourth-order valence-electron chi connectivity index (χ4n) is 0.953. The Bertz CT molecular complexity index is 372. The second-order valence-electron chi connectivity index (χ2n) is 2.87. The van der Waals surface area contributed by atoms with Crippen LogP contribution in [0.15, 0.2) is 22.6 Å². The number of rotatable bonds is 6. The molecule has 6 nitrogen and oxygen atoms in total. The lowest BCUT2D eigenvalue weighted by atomic mass is 10.5. The summed E-state index contributed by atoms with van der Waals surface area (Å²) in [5.41, 5.74) is 0. The highest BCUT2D eigenvalue weighted by molar-refractivity contribution is 7.11. The van der Waals surface area contributed by atoms with Crippen molar-refractivity contribution in [2.24, 2.45) is 5.10 Å². The van der Waals surface area contributed by atoms with Crippen LogP contribution in [0.2, 0.25) is 0 Å². The predicted octanol–water partition coefficient (Wildman–Crippen LogP) is 0.553. The Hall–Kier alpha value is -1.89. The van der Waals surface area contributed by atoms with Gasteiger partial charge in [0, 0.05) is 4.88 Å². The van der Waals surface area contributed by atoms with Crippen LogP contribution in [0.25, 0.3) is 0 Å². The number of hydrogen-bond donors (Lipinski definition) is 2. The van der Waals surface area contributed by atoms with E-state index in [0.717, 1.165) is 9.89 Å². The third-order valence-corrected chi connectivity index (χ3v) is 2.33. The normalized spacial score (nSPS) is 10.5. The van der Waals surface area contributed by atoms with Crippen LogP contribution < -0.4 is 0 Å². The number of carboxylic acid groups (broad SMARTS) is 2. The van der Waals surface area contributed by atoms with Gasteiger partial charge in [0.1, 0.15) is 13.1 Å². The molecule has 0 radical (unpaired) electrons. The number of carbonyl (C=O) groups is 2. The largest absolute Gasteiger partial charge is 0.480 e. The summed E-state index contributed by atoms with van der Waals surface area (Å²) in [6.07, 6.45) is 1.44. The van der Waals surface area contributed by atoms with Crippen LogP contribution in [0.3, 0.4) is 0 Å². The summed E-state index contributed by atoms with van der Waals surface area (Å²) in [6.45, 7) is -0.873. The summed E-state index contributed by atoms with van der Waals surface area (Å²) in [6, 6.07) is 3.62. The van der Waals surface area contributed by atoms with E-state index < -0.39 is 25.0 Å². The van der Waals surface area contributed by atoms with Crippen LogP contribution >= 0.6 is 11.3 Å². The molecule has 0 aliphatic heterocycles. The van der Waals surface area contributed by atoms with Crippen molar-refractivity contribution in [3.63, 3.8) is 0 Å². The number of thiophene rings is 1. The van der Waals surface area contributed by atoms with Crippen molar-refractivity contribution in [3.05, 3.63) is 22.4 Å². The van der Waals surface area contributed by atoms with E-state index in [1.165, 1.54) is 17.6 Å². The van der Waals surface area contributed by atoms with Crippen molar-refractivity contribution in [1.82, 2.24) is 5.01 Å². The molecular formula is C9H10N2O4S. The molecule has 0 saturated carbocycles. The van der Waals surface area contributed by atoms with Gasteiger partial charge in [-0.05, 0) is 11.4 Å². The highest BCUT2D eigenvalue weighted by Crippen LogP contribution is 2.05. The van der Waals surface area contributed by atoms with Gasteiger partial charge in [0.25, 0.3) is 0 Å². The van der Waals surface area contributed by atoms with E-state index in [9.17, 15) is 9.59 Å². The van der Waals surface area contributed by atoms with Gasteiger partial charge >= 0.3 is 11.9 Å². The van der Waals surface area contributed by atoms with Gasteiger partial charge in [-0.25, -0.2) is 0 Å². The van der Waals surface area contributed by atoms with Gasteiger partial charge in [0.15, 0.2) is 0 Å². The molecule has 1 heterocycles. The molecule has 0 unspecified atom stereocenters. The summed E-state index contributed by atoms with van der Waals surface area (Å²) < 4.78 is 0. The Morgan fingerprint density at radius 2 is 2.00 bits per heavy atom. The first kappa shape index (κ1) is 12.2. The zero-order valence-corrected chi connectivity index (χ0v) is 9.05. The van der Waals surface area contributed by atoms with Crippen LogP contribution in [0.1, 0.15) is 4.88 Å². The quantitative estimate of drug-likeness (QED) is 0.561. The molecule has 1 rings (SSSR count). The van der Waals surface area contributed by atoms with Gasteiger partial charge in [0.2, 0.25) is 0 Å². The monoisotopic (exact) mass is 242 g/mol. The van der Waals surface area contributed by atoms with Crippen molar-refractivity contribution >= 4 is 29.5 Å². The van der Waals surface area contributed by atoms with Crippen LogP contribution in [-0.2, 0) is 9.59 Å². The highest BCUT2D eigenvalue weighted by atomic mass is 32.1. The molecule has 1 aromatic heterocycles. The molecule has 0 aliphatic carbocycles. The summed E-state index contributed by atoms with van der Waals surface area (Å²) in [7, 11) is 0. The van der Waals surface area contributed by atoms with Gasteiger partial charge in [-0.1, -0.05) is 6.07 Å². The fraction of sp³-hybridized carbons (Fsp3) is 0.222. The van der Waals surface area contributed by atoms with Crippen molar-refractivity contribution in [1.29, 1.82) is 0 Å². The molecule has 1 aromatic rings. The number of hydrazone groups is 1. The molecule has 0 bridgehead atoms. The smallest absolute Gasteiger partial charge is 0.324 e. The van der Waals surface area contributed by atoms with Crippen molar-refractivity contribution in [2.75, 3.05) is 13.1 Å². The fourth-order valence-corrected chi connectivity index (χ4v) is 1.53. The minimum Gasteiger partial charge on any atom is -0.480 e. The molecule has 0 aliphatic rings. The zero-order valence-electron chi connectivity index (χ0n) is 8.24. The van der Waals surface area contributed by atoms with Gasteiger partial charge in [-0.2, -0.15) is 5.10 Å². The molecule has 0 saturated heterocycles. The number of aliphatic carboxylic acids is 2. The molecule has 0 atom stereocenters. The molecular weight excluding hydrogens is 232 g/mol. The first-order valence-corrected chi connectivity index (χ1v) is 5.22. The van der Waals surface area contributed by atoms with Crippen LogP contribution in [0, 0.1) is 0 Å². The highest BCUT2D eigenvalue weighted by Gasteiger charge is 2.10. The first-order chi connectivity index (χ1) is 7.58. The van der Waals surface area contributed by atoms with Gasteiger partial charge in [-0.15, -0.1) is 11.3 Å². The summed E-state index contributed by atoms with van der Waals surface area (Å²) in [5, 5.41) is 23.7. The molecule has 2 N–H and O–H groups in total. The molecule has 7 heteroatoms. The van der Waals surface area contributed by atoms with Crippen LogP contribution in [0.5, 0.6) is 0 Å². The summed E-state index contributed by atoms with van der Waals surface area (Å²) >= 11 is 1.43. The minimum atomic E-state index is -1.12. The van der Waals surface area contributed by atoms with E-state index in [2.05, 4.69) is 5.10 Å². The minimum absolute atomic E-state index is 0.436. The van der Waals surface area contributed by atoms with E-state index >= 15 is 0 Å². The molecule has 86 valence electrons. The Morgan fingerprint density at radius 3 is 2.44 bits per heavy atom. The van der Waals surface area contributed by atoms with Gasteiger partial charge in [0.05, 0.1) is 6.21 Å². The predicted molar refractivity (Wildman–Crippen MR) is 58.8 cm³/mol. The van der Waals surface area contributed by atoms with Crippen molar-refractivity contribution in [2.45, 2.75) is 0 Å². The van der Waals surface area contributed by atoms with Crippen LogP contribution in [0.4, 0.5) is 0 Å². The van der Waals surface area contributed by atoms with Crippen molar-refractivity contribution in [3.8, 4) is 0 Å². The lowest BCUT2D eigenvalue weighted by Crippen LogP contribution is -2.30. The topological polar surface area (TPSA) is 90.2 Å². The third-order valence-electron chi connectivity index (χ3n) is 1.53. The SMILES string of the molecule is O=C(O)CN(CC(=O)O)/N=C\c1cccs1. The lowest BCUT2D eigenvalue weighted by Gasteiger charge is -2.13. The molecule has 0 aromatic carbocycles. The summed E-state index contributed by atoms with van der Waals surface area (Å²) in [5.74, 6) is -2.24. The number of hydrogen-bond acceptors (Lipinski definition) is 5. The average molecular weight is 242 g/mol. The van der Waals surface area contributed by atoms with E-state index in [-0.39, 0.29) is 0 Å². The second kappa shape index (κ2) is 5.86. The Morgan fingerprint density at radius 1 is 1.38 bits per heavy atom. The maximum atomic E-state index is 10.4. The maximum absolute atomic E-state index is 10.4. The Kier molecular flexibility index (Phi) is 4.46. The Balaban J connectivity index is 2.62. The summed E-state index contributed by atoms with van der Waals surface area (Å²) in [4.78, 5) is 21.7. The molecule has 0 fully saturated rings. The third kappa shape index (κ3) is 4.56. The van der Waals surface area contributed by atoms with E-state index in [1.807, 2.05) is 11.4 Å². The van der Waals surface area contributed by atoms with E-state index in [0.29, 0.717) is 0 Å². The first-order valence-electron chi connectivity index (χ1n) is 4.34. The van der Waals surface area contributed by atoms with E-state index in [1.54, 1.807) is 6.07 Å². The van der Waals surface area contributed by atoms with E-state index in [4.69, 9.17) is 10.2 Å². The lowest BCUT2D eigenvalue weighted by molar-refractivity contribution is -0.141. The average Bonchev–Trinajstić information content (AvgIpc) is 2.64. The molecule has 0 spiro atoms. The maximum Gasteiger partial charge on any atom is 0.324 e. The number of nitrogens with zero attached hydrogens (tertiary/aromatic N) is 2. The second-order valence-corrected chi connectivity index (χ2v) is 3.85. The van der Waals surface area contributed by atoms with Gasteiger partial charge < -0.3 is 10.2 Å². The Labute approximate surface area is 95.4 Å². The van der Waals surface area contributed by atoms with Crippen molar-refractivity contribution < 1.29 is 19.8 Å². The zero-order chi connectivity index (χ0) is 12.0. The molecule has 0 amide bonds.